The summed E-state index contributed by atoms with van der Waals surface area (Å²) in [5, 5.41) is 6.49. The van der Waals surface area contributed by atoms with Crippen molar-refractivity contribution in [1.82, 2.24) is 15.6 Å². The largest absolute Gasteiger partial charge is 0.497 e. The molecule has 0 bridgehead atoms. The Morgan fingerprint density at radius 2 is 1.94 bits per heavy atom. The Hall–Kier alpha value is -3.55. The zero-order valence-electron chi connectivity index (χ0n) is 17.9. The lowest BCUT2D eigenvalue weighted by atomic mass is 10.2. The van der Waals surface area contributed by atoms with Crippen LogP contribution in [0.15, 0.2) is 64.2 Å². The number of nitrogens with one attached hydrogen (secondary N) is 2. The average molecular weight is 426 g/mol. The van der Waals surface area contributed by atoms with E-state index in [0.29, 0.717) is 31.4 Å². The summed E-state index contributed by atoms with van der Waals surface area (Å²) in [7, 11) is 3.34. The second kappa shape index (κ2) is 11.0. The van der Waals surface area contributed by atoms with Gasteiger partial charge in [0, 0.05) is 31.6 Å². The van der Waals surface area contributed by atoms with Crippen molar-refractivity contribution in [2.24, 2.45) is 4.99 Å². The van der Waals surface area contributed by atoms with Gasteiger partial charge in [-0.1, -0.05) is 6.07 Å². The van der Waals surface area contributed by atoms with Crippen molar-refractivity contribution < 1.29 is 18.3 Å². The minimum absolute atomic E-state index is 0.0699. The number of hydrogen-bond donors (Lipinski definition) is 2. The summed E-state index contributed by atoms with van der Waals surface area (Å²) in [4.78, 5) is 8.67. The van der Waals surface area contributed by atoms with E-state index in [1.54, 1.807) is 32.6 Å². The minimum Gasteiger partial charge on any atom is -0.497 e. The molecule has 8 heteroatoms. The van der Waals surface area contributed by atoms with Gasteiger partial charge in [-0.3, -0.25) is 4.99 Å². The number of ether oxygens (including phenoxy) is 2. The van der Waals surface area contributed by atoms with Gasteiger partial charge in [-0.2, -0.15) is 0 Å². The molecular formula is C23H27FN4O3. The number of oxazole rings is 1. The number of aromatic nitrogens is 1. The molecule has 31 heavy (non-hydrogen) atoms. The molecule has 0 amide bonds. The second-order valence-corrected chi connectivity index (χ2v) is 6.89. The number of aliphatic imine (C=N–C) groups is 1. The van der Waals surface area contributed by atoms with E-state index in [2.05, 4.69) is 20.6 Å². The van der Waals surface area contributed by atoms with Gasteiger partial charge in [0.2, 0.25) is 5.89 Å². The third-order valence-corrected chi connectivity index (χ3v) is 4.48. The smallest absolute Gasteiger partial charge is 0.226 e. The minimum atomic E-state index is -0.290. The van der Waals surface area contributed by atoms with E-state index in [9.17, 15) is 4.39 Å². The van der Waals surface area contributed by atoms with Gasteiger partial charge in [-0.15, -0.1) is 0 Å². The lowest BCUT2D eigenvalue weighted by Crippen LogP contribution is -2.42. The number of guanidine groups is 1. The normalized spacial score (nSPS) is 12.3. The van der Waals surface area contributed by atoms with Crippen molar-refractivity contribution in [2.45, 2.75) is 19.4 Å². The summed E-state index contributed by atoms with van der Waals surface area (Å²) in [5.74, 6) is 2.36. The first-order valence-corrected chi connectivity index (χ1v) is 10.0. The number of benzene rings is 2. The molecule has 0 aliphatic heterocycles. The van der Waals surface area contributed by atoms with Crippen LogP contribution in [-0.2, 0) is 6.42 Å². The van der Waals surface area contributed by atoms with Crippen LogP contribution in [0.2, 0.25) is 0 Å². The molecule has 0 aliphatic carbocycles. The van der Waals surface area contributed by atoms with Crippen LogP contribution in [0.5, 0.6) is 11.5 Å². The predicted molar refractivity (Wildman–Crippen MR) is 118 cm³/mol. The van der Waals surface area contributed by atoms with Crippen LogP contribution in [0.25, 0.3) is 11.5 Å². The maximum atomic E-state index is 13.0. The first-order chi connectivity index (χ1) is 15.1. The Bertz CT molecular complexity index is 988. The van der Waals surface area contributed by atoms with E-state index in [-0.39, 0.29) is 11.9 Å². The highest BCUT2D eigenvalue weighted by atomic mass is 19.1. The molecule has 3 rings (SSSR count). The van der Waals surface area contributed by atoms with Crippen LogP contribution in [0.3, 0.4) is 0 Å². The Kier molecular flexibility index (Phi) is 7.86. The molecule has 1 heterocycles. The Morgan fingerprint density at radius 3 is 2.68 bits per heavy atom. The SMILES string of the molecule is CN=C(NCCc1coc(-c2ccc(F)cc2)n1)NCC(C)Oc1cccc(OC)c1. The number of hydrogen-bond acceptors (Lipinski definition) is 5. The third kappa shape index (κ3) is 6.74. The van der Waals surface area contributed by atoms with Crippen LogP contribution in [0.4, 0.5) is 4.39 Å². The molecule has 0 fully saturated rings. The van der Waals surface area contributed by atoms with Crippen molar-refractivity contribution in [1.29, 1.82) is 0 Å². The number of nitrogens with zero attached hydrogens (tertiary/aromatic N) is 2. The predicted octanol–water partition coefficient (Wildman–Crippen LogP) is 3.66. The summed E-state index contributed by atoms with van der Waals surface area (Å²) < 4.78 is 29.7. The average Bonchev–Trinajstić information content (AvgIpc) is 3.25. The molecule has 0 saturated heterocycles. The van der Waals surface area contributed by atoms with Gasteiger partial charge in [0.25, 0.3) is 0 Å². The number of halogens is 1. The fourth-order valence-corrected chi connectivity index (χ4v) is 2.87. The van der Waals surface area contributed by atoms with Gasteiger partial charge in [-0.05, 0) is 43.3 Å². The van der Waals surface area contributed by atoms with Crippen LogP contribution >= 0.6 is 0 Å². The van der Waals surface area contributed by atoms with Crippen molar-refractivity contribution in [3.05, 3.63) is 66.3 Å². The van der Waals surface area contributed by atoms with E-state index >= 15 is 0 Å². The molecular weight excluding hydrogens is 399 g/mol. The van der Waals surface area contributed by atoms with E-state index < -0.39 is 0 Å². The summed E-state index contributed by atoms with van der Waals surface area (Å²) in [6.45, 7) is 3.18. The Labute approximate surface area is 181 Å². The molecule has 0 aliphatic rings. The van der Waals surface area contributed by atoms with Crippen molar-refractivity contribution in [2.75, 3.05) is 27.2 Å². The van der Waals surface area contributed by atoms with Gasteiger partial charge >= 0.3 is 0 Å². The van der Waals surface area contributed by atoms with Crippen molar-refractivity contribution in [3.63, 3.8) is 0 Å². The molecule has 1 atom stereocenters. The molecule has 0 spiro atoms. The molecule has 2 N–H and O–H groups in total. The lowest BCUT2D eigenvalue weighted by Gasteiger charge is -2.18. The molecule has 164 valence electrons. The molecule has 2 aromatic carbocycles. The van der Waals surface area contributed by atoms with E-state index in [4.69, 9.17) is 13.9 Å². The summed E-state index contributed by atoms with van der Waals surface area (Å²) >= 11 is 0. The molecule has 0 saturated carbocycles. The standard InChI is InChI=1S/C23H27FN4O3/c1-16(31-21-6-4-5-20(13-21)29-3)14-27-23(25-2)26-12-11-19-15-30-22(28-19)17-7-9-18(24)10-8-17/h4-10,13,15-16H,11-12,14H2,1-3H3,(H2,25,26,27). The molecule has 3 aromatic rings. The second-order valence-electron chi connectivity index (χ2n) is 6.89. The molecule has 1 aromatic heterocycles. The van der Waals surface area contributed by atoms with Crippen LogP contribution in [0.1, 0.15) is 12.6 Å². The van der Waals surface area contributed by atoms with Gasteiger partial charge < -0.3 is 24.5 Å². The number of methoxy groups -OCH3 is 1. The third-order valence-electron chi connectivity index (χ3n) is 4.48. The Balaban J connectivity index is 1.42. The van der Waals surface area contributed by atoms with Crippen molar-refractivity contribution >= 4 is 5.96 Å². The molecule has 7 nitrogen and oxygen atoms in total. The summed E-state index contributed by atoms with van der Waals surface area (Å²) in [6, 6.07) is 13.6. The maximum Gasteiger partial charge on any atom is 0.226 e. The highest BCUT2D eigenvalue weighted by Crippen LogP contribution is 2.20. The first-order valence-electron chi connectivity index (χ1n) is 10.0. The maximum absolute atomic E-state index is 13.0. The zero-order chi connectivity index (χ0) is 22.1. The van der Waals surface area contributed by atoms with Gasteiger partial charge in [0.1, 0.15) is 29.7 Å². The fourth-order valence-electron chi connectivity index (χ4n) is 2.87. The topological polar surface area (TPSA) is 80.9 Å². The molecule has 0 radical (unpaired) electrons. The summed E-state index contributed by atoms with van der Waals surface area (Å²) in [6.07, 6.45) is 2.20. The first kappa shape index (κ1) is 22.1. The van der Waals surface area contributed by atoms with E-state index in [1.165, 1.54) is 12.1 Å². The highest BCUT2D eigenvalue weighted by Gasteiger charge is 2.09. The zero-order valence-corrected chi connectivity index (χ0v) is 17.9. The summed E-state index contributed by atoms with van der Waals surface area (Å²) in [5.41, 5.74) is 1.54. The van der Waals surface area contributed by atoms with E-state index in [0.717, 1.165) is 22.8 Å². The lowest BCUT2D eigenvalue weighted by molar-refractivity contribution is 0.223. The Morgan fingerprint density at radius 1 is 1.16 bits per heavy atom. The molecule has 1 unspecified atom stereocenters. The monoisotopic (exact) mass is 426 g/mol. The van der Waals surface area contributed by atoms with Crippen LogP contribution in [-0.4, -0.2) is 44.3 Å². The number of rotatable bonds is 9. The highest BCUT2D eigenvalue weighted by molar-refractivity contribution is 5.79. The van der Waals surface area contributed by atoms with Crippen LogP contribution < -0.4 is 20.1 Å². The van der Waals surface area contributed by atoms with Gasteiger partial charge in [0.05, 0.1) is 19.3 Å². The van der Waals surface area contributed by atoms with Crippen molar-refractivity contribution in [3.8, 4) is 23.0 Å². The fraction of sp³-hybridized carbons (Fsp3) is 0.304. The van der Waals surface area contributed by atoms with E-state index in [1.807, 2.05) is 31.2 Å². The quantitative estimate of drug-likeness (QED) is 0.401. The van der Waals surface area contributed by atoms with Gasteiger partial charge in [0.15, 0.2) is 5.96 Å². The van der Waals surface area contributed by atoms with Gasteiger partial charge in [-0.25, -0.2) is 9.37 Å². The van der Waals surface area contributed by atoms with Crippen LogP contribution in [0, 0.1) is 5.82 Å².